The van der Waals surface area contributed by atoms with E-state index in [1.807, 2.05) is 0 Å². The molecule has 0 aromatic heterocycles. The van der Waals surface area contributed by atoms with E-state index in [2.05, 4.69) is 13.8 Å². The van der Waals surface area contributed by atoms with Gasteiger partial charge in [-0.25, -0.2) is 0 Å². The average molecular weight is 329 g/mol. The van der Waals surface area contributed by atoms with Crippen molar-refractivity contribution in [2.24, 2.45) is 5.92 Å². The number of carbonyl (C=O) groups is 1. The maximum atomic E-state index is 11.4. The van der Waals surface area contributed by atoms with Gasteiger partial charge < -0.3 is 10.2 Å². The third-order valence-electron chi connectivity index (χ3n) is 4.75. The monoisotopic (exact) mass is 328 g/mol. The van der Waals surface area contributed by atoms with E-state index in [1.165, 1.54) is 57.8 Å². The number of rotatable bonds is 17. The summed E-state index contributed by atoms with van der Waals surface area (Å²) < 4.78 is 0. The van der Waals surface area contributed by atoms with Crippen LogP contribution in [0.25, 0.3) is 0 Å². The first-order valence-electron chi connectivity index (χ1n) is 10.0. The highest BCUT2D eigenvalue weighted by Gasteiger charge is 2.25. The lowest BCUT2D eigenvalue weighted by Crippen LogP contribution is -2.28. The maximum absolute atomic E-state index is 11.4. The van der Waals surface area contributed by atoms with Crippen LogP contribution in [0.1, 0.15) is 110 Å². The molecule has 0 radical (unpaired) electrons. The van der Waals surface area contributed by atoms with E-state index in [1.54, 1.807) is 0 Å². The fourth-order valence-electron chi connectivity index (χ4n) is 3.14. The van der Waals surface area contributed by atoms with E-state index in [0.717, 1.165) is 25.7 Å². The van der Waals surface area contributed by atoms with Crippen LogP contribution < -0.4 is 0 Å². The van der Waals surface area contributed by atoms with Crippen LogP contribution in [0.5, 0.6) is 0 Å². The molecule has 0 aromatic carbocycles. The van der Waals surface area contributed by atoms with E-state index in [9.17, 15) is 15.0 Å². The summed E-state index contributed by atoms with van der Waals surface area (Å²) in [5.74, 6) is -1.39. The van der Waals surface area contributed by atoms with Gasteiger partial charge in [0, 0.05) is 0 Å². The fraction of sp³-hybridized carbons (Fsp3) is 0.950. The molecule has 138 valence electrons. The third kappa shape index (κ3) is 13.6. The first-order valence-corrected chi connectivity index (χ1v) is 10.0. The molecule has 0 rings (SSSR count). The molecule has 3 heteroatoms. The Balaban J connectivity index is 3.75. The molecule has 0 saturated heterocycles. The first-order chi connectivity index (χ1) is 11.1. The van der Waals surface area contributed by atoms with Gasteiger partial charge in [0.15, 0.2) is 0 Å². The zero-order valence-electron chi connectivity index (χ0n) is 15.6. The molecule has 2 unspecified atom stereocenters. The van der Waals surface area contributed by atoms with Crippen molar-refractivity contribution in [2.75, 3.05) is 0 Å². The number of unbranched alkanes of at least 4 members (excludes halogenated alkanes) is 11. The van der Waals surface area contributed by atoms with Crippen molar-refractivity contribution in [3.05, 3.63) is 0 Å². The van der Waals surface area contributed by atoms with Gasteiger partial charge in [-0.2, -0.15) is 0 Å². The number of aliphatic hydroxyl groups is 1. The van der Waals surface area contributed by atoms with Crippen LogP contribution in [0.4, 0.5) is 0 Å². The van der Waals surface area contributed by atoms with Gasteiger partial charge in [-0.15, -0.1) is 0 Å². The van der Waals surface area contributed by atoms with E-state index in [4.69, 9.17) is 0 Å². The van der Waals surface area contributed by atoms with Crippen LogP contribution in [0, 0.1) is 5.92 Å². The zero-order chi connectivity index (χ0) is 17.3. The molecule has 0 spiro atoms. The summed E-state index contributed by atoms with van der Waals surface area (Å²) in [7, 11) is 0. The second kappa shape index (κ2) is 16.3. The molecule has 3 nitrogen and oxygen atoms in total. The highest BCUT2D eigenvalue weighted by Crippen LogP contribution is 2.20. The van der Waals surface area contributed by atoms with Crippen molar-refractivity contribution < 1.29 is 15.0 Å². The Morgan fingerprint density at radius 1 is 0.696 bits per heavy atom. The molecule has 0 aliphatic carbocycles. The molecular formula is C20H40O3. The van der Waals surface area contributed by atoms with Crippen molar-refractivity contribution in [2.45, 2.75) is 116 Å². The molecule has 0 amide bonds. The summed E-state index contributed by atoms with van der Waals surface area (Å²) in [5.41, 5.74) is 0. The zero-order valence-corrected chi connectivity index (χ0v) is 15.6. The Labute approximate surface area is 143 Å². The molecule has 0 aromatic rings. The van der Waals surface area contributed by atoms with E-state index < -0.39 is 18.0 Å². The lowest BCUT2D eigenvalue weighted by Gasteiger charge is -2.19. The number of aliphatic hydroxyl groups excluding tert-OH is 1. The van der Waals surface area contributed by atoms with Crippen molar-refractivity contribution in [3.63, 3.8) is 0 Å². The predicted molar refractivity (Wildman–Crippen MR) is 97.7 cm³/mol. The fourth-order valence-corrected chi connectivity index (χ4v) is 3.14. The van der Waals surface area contributed by atoms with Gasteiger partial charge in [0.25, 0.3) is 0 Å². The standard InChI is InChI=1S/C20H40O3/c1-3-5-7-9-11-13-15-17-19(21)18(20(22)23)16-14-12-10-8-6-4-2/h18-19,21H,3-17H2,1-2H3,(H,22,23). The Morgan fingerprint density at radius 3 is 1.52 bits per heavy atom. The van der Waals surface area contributed by atoms with Crippen LogP contribution in [0.15, 0.2) is 0 Å². The van der Waals surface area contributed by atoms with Gasteiger partial charge in [0.2, 0.25) is 0 Å². The van der Waals surface area contributed by atoms with Gasteiger partial charge >= 0.3 is 5.97 Å². The van der Waals surface area contributed by atoms with E-state index in [0.29, 0.717) is 12.8 Å². The molecule has 0 bridgehead atoms. The predicted octanol–water partition coefficient (Wildman–Crippen LogP) is 5.94. The summed E-state index contributed by atoms with van der Waals surface area (Å²) in [6.07, 6.45) is 16.0. The normalized spacial score (nSPS) is 13.9. The highest BCUT2D eigenvalue weighted by molar-refractivity contribution is 5.70. The van der Waals surface area contributed by atoms with Crippen molar-refractivity contribution in [3.8, 4) is 0 Å². The molecular weight excluding hydrogens is 288 g/mol. The molecule has 23 heavy (non-hydrogen) atoms. The highest BCUT2D eigenvalue weighted by atomic mass is 16.4. The molecule has 2 N–H and O–H groups in total. The molecule has 0 fully saturated rings. The number of carboxylic acid groups (broad SMARTS) is 1. The van der Waals surface area contributed by atoms with Crippen LogP contribution in [-0.2, 0) is 4.79 Å². The van der Waals surface area contributed by atoms with Crippen LogP contribution in [0.2, 0.25) is 0 Å². The summed E-state index contributed by atoms with van der Waals surface area (Å²) in [5, 5.41) is 19.5. The number of hydrogen-bond donors (Lipinski definition) is 2. The molecule has 2 atom stereocenters. The second-order valence-corrected chi connectivity index (χ2v) is 6.98. The Kier molecular flexibility index (Phi) is 15.9. The summed E-state index contributed by atoms with van der Waals surface area (Å²) in [4.78, 5) is 11.4. The van der Waals surface area contributed by atoms with Crippen LogP contribution >= 0.6 is 0 Å². The lowest BCUT2D eigenvalue weighted by molar-refractivity contribution is -0.146. The maximum Gasteiger partial charge on any atom is 0.309 e. The van der Waals surface area contributed by atoms with Gasteiger partial charge in [0.1, 0.15) is 0 Å². The molecule has 0 aliphatic heterocycles. The summed E-state index contributed by atoms with van der Waals surface area (Å²) >= 11 is 0. The largest absolute Gasteiger partial charge is 0.481 e. The Morgan fingerprint density at radius 2 is 1.09 bits per heavy atom. The number of aliphatic carboxylic acids is 1. The Hall–Kier alpha value is -0.570. The van der Waals surface area contributed by atoms with Crippen molar-refractivity contribution in [1.29, 1.82) is 0 Å². The smallest absolute Gasteiger partial charge is 0.309 e. The van der Waals surface area contributed by atoms with Gasteiger partial charge in [-0.05, 0) is 12.8 Å². The van der Waals surface area contributed by atoms with Crippen LogP contribution in [0.3, 0.4) is 0 Å². The SMILES string of the molecule is CCCCCCCCCC(O)C(CCCCCCCC)C(=O)O. The second-order valence-electron chi connectivity index (χ2n) is 6.98. The van der Waals surface area contributed by atoms with E-state index in [-0.39, 0.29) is 0 Å². The minimum absolute atomic E-state index is 0.568. The molecule has 0 aliphatic rings. The number of hydrogen-bond acceptors (Lipinski definition) is 2. The number of carboxylic acids is 1. The van der Waals surface area contributed by atoms with Gasteiger partial charge in [-0.3, -0.25) is 4.79 Å². The molecule has 0 heterocycles. The summed E-state index contributed by atoms with van der Waals surface area (Å²) in [6, 6.07) is 0. The average Bonchev–Trinajstić information content (AvgIpc) is 2.52. The van der Waals surface area contributed by atoms with E-state index >= 15 is 0 Å². The minimum atomic E-state index is -0.825. The molecule has 0 saturated carbocycles. The van der Waals surface area contributed by atoms with Crippen molar-refractivity contribution in [1.82, 2.24) is 0 Å². The first kappa shape index (κ1) is 22.4. The van der Waals surface area contributed by atoms with Gasteiger partial charge in [0.05, 0.1) is 12.0 Å². The minimum Gasteiger partial charge on any atom is -0.481 e. The topological polar surface area (TPSA) is 57.5 Å². The summed E-state index contributed by atoms with van der Waals surface area (Å²) in [6.45, 7) is 4.41. The van der Waals surface area contributed by atoms with Crippen LogP contribution in [-0.4, -0.2) is 22.3 Å². The quantitative estimate of drug-likeness (QED) is 0.325. The third-order valence-corrected chi connectivity index (χ3v) is 4.75. The Bertz CT molecular complexity index is 266. The van der Waals surface area contributed by atoms with Crippen molar-refractivity contribution >= 4 is 5.97 Å². The van der Waals surface area contributed by atoms with Gasteiger partial charge in [-0.1, -0.05) is 97.3 Å². The lowest BCUT2D eigenvalue weighted by atomic mass is 9.91.